The summed E-state index contributed by atoms with van der Waals surface area (Å²) in [5, 5.41) is 0.730. The largest absolute Gasteiger partial charge is 1.00 e. The zero-order valence-electron chi connectivity index (χ0n) is 15.0. The van der Waals surface area contributed by atoms with Gasteiger partial charge in [-0.05, 0) is 24.0 Å². The van der Waals surface area contributed by atoms with E-state index < -0.39 is 19.5 Å². The summed E-state index contributed by atoms with van der Waals surface area (Å²) in [6, 6.07) is 20.8. The second-order valence-corrected chi connectivity index (χ2v) is 12.2. The predicted octanol–water partition coefficient (Wildman–Crippen LogP) is 7.86. The van der Waals surface area contributed by atoms with Crippen LogP contribution in [0.4, 0.5) is 16.9 Å². The molecule has 0 N–H and O–H groups in total. The van der Waals surface area contributed by atoms with Gasteiger partial charge in [-0.25, -0.2) is 0 Å². The molecule has 2 aromatic rings. The molecule has 0 atom stereocenters. The zero-order valence-corrected chi connectivity index (χ0v) is 17.5. The van der Waals surface area contributed by atoms with Crippen molar-refractivity contribution in [2.45, 2.75) is 37.4 Å². The van der Waals surface area contributed by atoms with Crippen LogP contribution >= 0.6 is 12.6 Å². The molecule has 26 heavy (non-hydrogen) atoms. The molecule has 0 heterocycles. The van der Waals surface area contributed by atoms with Crippen molar-refractivity contribution < 1.29 is 18.3 Å². The van der Waals surface area contributed by atoms with E-state index in [9.17, 15) is 16.9 Å². The van der Waals surface area contributed by atoms with Gasteiger partial charge in [-0.2, -0.15) is 12.6 Å². The van der Waals surface area contributed by atoms with Crippen molar-refractivity contribution in [3.8, 4) is 11.1 Å². The molecule has 1 fully saturated rings. The summed E-state index contributed by atoms with van der Waals surface area (Å²) in [6.07, 6.45) is 6.96. The number of hydrogen-bond acceptors (Lipinski definition) is 1. The van der Waals surface area contributed by atoms with Crippen LogP contribution in [0.5, 0.6) is 0 Å². The standard InChI is InChI=1S/C12H10.C6H12S.6FH.Sb/c1-3-7-11(8-4-1)12-9-5-2-6-10-12;7-6-4-2-1-3-5-6;;;;;;;/h1-10H;6-7H,1-5H2;6*1H;/q;;;;;;;;+5/p-5. The first-order valence-electron chi connectivity index (χ1n) is 8.16. The van der Waals surface area contributed by atoms with Crippen LogP contribution in [0.1, 0.15) is 33.5 Å². The van der Waals surface area contributed by atoms with E-state index in [1.807, 2.05) is 12.1 Å². The average molecular weight is 507 g/mol. The minimum Gasteiger partial charge on any atom is -0.0622 e. The molecule has 0 unspecified atom stereocenters. The molecule has 8 heteroatoms. The van der Waals surface area contributed by atoms with Crippen LogP contribution in [0.25, 0.3) is 11.1 Å². The van der Waals surface area contributed by atoms with Crippen LogP contribution in [0, 0.1) is 0 Å². The van der Waals surface area contributed by atoms with Crippen molar-refractivity contribution in [3.05, 3.63) is 60.7 Å². The van der Waals surface area contributed by atoms with Crippen molar-refractivity contribution in [2.75, 3.05) is 0 Å². The van der Waals surface area contributed by atoms with Gasteiger partial charge in [-0.15, -0.1) is 0 Å². The molecule has 148 valence electrons. The van der Waals surface area contributed by atoms with Crippen molar-refractivity contribution >= 4 is 32.1 Å². The smallest absolute Gasteiger partial charge is 0.0622 e. The fourth-order valence-corrected chi connectivity index (χ4v) is 2.71. The number of rotatable bonds is 1. The molecule has 0 aliphatic heterocycles. The molecule has 0 radical (unpaired) electrons. The minimum absolute atomic E-state index is 0. The van der Waals surface area contributed by atoms with Crippen molar-refractivity contribution in [1.82, 2.24) is 0 Å². The molecule has 0 saturated heterocycles. The van der Waals surface area contributed by atoms with E-state index in [1.165, 1.54) is 43.2 Å². The molecule has 3 rings (SSSR count). The van der Waals surface area contributed by atoms with Crippen LogP contribution in [0.2, 0.25) is 0 Å². The minimum atomic E-state index is -11.2. The van der Waals surface area contributed by atoms with Crippen LogP contribution in [-0.2, 0) is 0 Å². The fourth-order valence-electron chi connectivity index (χ4n) is 2.34. The van der Waals surface area contributed by atoms with E-state index >= 15 is 0 Å². The SMILES string of the molecule is SC1CCCCC1.[F][Sb-]([F])([F])([F])([F])[F].[H+].c1ccc(-c2ccccc2)cc1. The summed E-state index contributed by atoms with van der Waals surface area (Å²) in [5.41, 5.74) is 2.55. The van der Waals surface area contributed by atoms with Crippen LogP contribution < -0.4 is 0 Å². The van der Waals surface area contributed by atoms with Gasteiger partial charge >= 0.3 is 37.8 Å². The normalized spacial score (nSPS) is 17.5. The van der Waals surface area contributed by atoms with E-state index in [1.54, 1.807) is 0 Å². The molecule has 1 aliphatic rings. The monoisotopic (exact) mass is 506 g/mol. The average Bonchev–Trinajstić information content (AvgIpc) is 2.55. The van der Waals surface area contributed by atoms with Gasteiger partial charge in [-0.3, -0.25) is 0 Å². The third-order valence-corrected chi connectivity index (χ3v) is 3.97. The Labute approximate surface area is 159 Å². The van der Waals surface area contributed by atoms with E-state index in [2.05, 4.69) is 61.2 Å². The summed E-state index contributed by atoms with van der Waals surface area (Å²) < 4.78 is 59.6. The van der Waals surface area contributed by atoms with Gasteiger partial charge < -0.3 is 0 Å². The second-order valence-electron chi connectivity index (χ2n) is 5.98. The molecule has 1 aliphatic carbocycles. The van der Waals surface area contributed by atoms with Gasteiger partial charge in [0.05, 0.1) is 0 Å². The van der Waals surface area contributed by atoms with Crippen molar-refractivity contribution in [3.63, 3.8) is 0 Å². The molecule has 0 amide bonds. The van der Waals surface area contributed by atoms with Crippen molar-refractivity contribution in [1.29, 1.82) is 0 Å². The molecule has 0 spiro atoms. The van der Waals surface area contributed by atoms with Crippen LogP contribution in [0.3, 0.4) is 0 Å². The number of hydrogen-bond donors (Lipinski definition) is 1. The van der Waals surface area contributed by atoms with Crippen LogP contribution in [0.15, 0.2) is 60.7 Å². The quantitative estimate of drug-likeness (QED) is 0.227. The van der Waals surface area contributed by atoms with Crippen molar-refractivity contribution in [2.24, 2.45) is 0 Å². The summed E-state index contributed by atoms with van der Waals surface area (Å²) in [7, 11) is 0. The Hall–Kier alpha value is -0.812. The van der Waals surface area contributed by atoms with Gasteiger partial charge in [0.15, 0.2) is 0 Å². The Morgan fingerprint density at radius 2 is 0.962 bits per heavy atom. The maximum absolute atomic E-state index is 11.2. The maximum atomic E-state index is 9.93. The topological polar surface area (TPSA) is 0 Å². The predicted molar refractivity (Wildman–Crippen MR) is 101 cm³/mol. The molecule has 1 saturated carbocycles. The molecule has 0 aromatic heterocycles. The molecule has 0 nitrogen and oxygen atoms in total. The van der Waals surface area contributed by atoms with Crippen LogP contribution in [-0.4, -0.2) is 24.7 Å². The maximum Gasteiger partial charge on any atom is 1.00 e. The van der Waals surface area contributed by atoms with E-state index in [0.29, 0.717) is 0 Å². The van der Waals surface area contributed by atoms with E-state index in [0.717, 1.165) is 5.25 Å². The van der Waals surface area contributed by atoms with E-state index in [-0.39, 0.29) is 1.43 Å². The molecular formula is C18H23F6SSb. The fraction of sp³-hybridized carbons (Fsp3) is 0.333. The number of thiol groups is 1. The number of benzene rings is 2. The Balaban J connectivity index is 0.000000394. The summed E-state index contributed by atoms with van der Waals surface area (Å²) in [6.45, 7) is 0. The zero-order chi connectivity index (χ0) is 19.7. The second kappa shape index (κ2) is 8.92. The Kier molecular flexibility index (Phi) is 7.97. The third-order valence-electron chi connectivity index (χ3n) is 3.46. The first-order chi connectivity index (χ1) is 11.8. The Morgan fingerprint density at radius 3 is 1.19 bits per heavy atom. The Bertz CT molecular complexity index is 595. The molecular weight excluding hydrogens is 484 g/mol. The summed E-state index contributed by atoms with van der Waals surface area (Å²) in [5.74, 6) is 0. The van der Waals surface area contributed by atoms with Gasteiger partial charge in [-0.1, -0.05) is 79.9 Å². The first-order valence-corrected chi connectivity index (χ1v) is 14.5. The molecule has 2 aromatic carbocycles. The van der Waals surface area contributed by atoms with Gasteiger partial charge in [0, 0.05) is 5.25 Å². The molecule has 0 bridgehead atoms. The summed E-state index contributed by atoms with van der Waals surface area (Å²) in [4.78, 5) is 0. The van der Waals surface area contributed by atoms with E-state index in [4.69, 9.17) is 0 Å². The number of halogens is 6. The first kappa shape index (κ1) is 23.2. The van der Waals surface area contributed by atoms with Gasteiger partial charge in [0.25, 0.3) is 0 Å². The van der Waals surface area contributed by atoms with Gasteiger partial charge in [0.2, 0.25) is 0 Å². The van der Waals surface area contributed by atoms with Gasteiger partial charge in [0.1, 0.15) is 0 Å². The Morgan fingerprint density at radius 1 is 0.654 bits per heavy atom. The third kappa shape index (κ3) is 15.4. The summed E-state index contributed by atoms with van der Waals surface area (Å²) >= 11 is -6.89.